The van der Waals surface area contributed by atoms with Gasteiger partial charge in [-0.05, 0) is 48.1 Å². The van der Waals surface area contributed by atoms with Crippen LogP contribution in [0.4, 0.5) is 0 Å². The molecule has 0 aliphatic carbocycles. The minimum Gasteiger partial charge on any atom is -0.267 e. The second kappa shape index (κ2) is 6.78. The van der Waals surface area contributed by atoms with Crippen LogP contribution in [0, 0.1) is 13.8 Å². The molecule has 0 spiro atoms. The molecule has 3 nitrogen and oxygen atoms in total. The molecule has 2 aromatic rings. The molecule has 3 heteroatoms. The van der Waals surface area contributed by atoms with Gasteiger partial charge in [0.05, 0.1) is 6.21 Å². The van der Waals surface area contributed by atoms with E-state index < -0.39 is 0 Å². The zero-order valence-corrected chi connectivity index (χ0v) is 14.5. The van der Waals surface area contributed by atoms with Crippen LogP contribution in [-0.2, 0) is 5.41 Å². The van der Waals surface area contributed by atoms with Gasteiger partial charge in [-0.25, -0.2) is 5.43 Å². The third-order valence-corrected chi connectivity index (χ3v) is 3.81. The lowest BCUT2D eigenvalue weighted by molar-refractivity contribution is 0.0955. The Hall–Kier alpha value is -2.42. The maximum Gasteiger partial charge on any atom is 0.271 e. The first-order valence-electron chi connectivity index (χ1n) is 7.78. The largest absolute Gasteiger partial charge is 0.271 e. The van der Waals surface area contributed by atoms with Crippen LogP contribution < -0.4 is 5.43 Å². The topological polar surface area (TPSA) is 41.5 Å². The standard InChI is InChI=1S/C20H24N2O/c1-14-6-7-17(15(2)12-14)13-21-22-19(23)16-8-10-18(11-9-16)20(3,4)5/h6-13H,1-5H3,(H,22,23)/b21-13-. The number of amides is 1. The van der Waals surface area contributed by atoms with Gasteiger partial charge in [-0.2, -0.15) is 5.10 Å². The summed E-state index contributed by atoms with van der Waals surface area (Å²) in [6.45, 7) is 10.5. The number of hydrogen-bond acceptors (Lipinski definition) is 2. The minimum absolute atomic E-state index is 0.0795. The first kappa shape index (κ1) is 16.9. The van der Waals surface area contributed by atoms with E-state index >= 15 is 0 Å². The highest BCUT2D eigenvalue weighted by Crippen LogP contribution is 2.22. The summed E-state index contributed by atoms with van der Waals surface area (Å²) >= 11 is 0. The van der Waals surface area contributed by atoms with E-state index in [0.29, 0.717) is 5.56 Å². The van der Waals surface area contributed by atoms with Crippen molar-refractivity contribution < 1.29 is 4.79 Å². The minimum atomic E-state index is -0.202. The predicted octanol–water partition coefficient (Wildman–Crippen LogP) is 4.36. The first-order chi connectivity index (χ1) is 10.8. The number of benzene rings is 2. The van der Waals surface area contributed by atoms with Crippen LogP contribution in [0.5, 0.6) is 0 Å². The van der Waals surface area contributed by atoms with Crippen molar-refractivity contribution in [3.05, 3.63) is 70.3 Å². The number of nitrogens with one attached hydrogen (secondary N) is 1. The van der Waals surface area contributed by atoms with Crippen LogP contribution in [0.3, 0.4) is 0 Å². The normalized spacial score (nSPS) is 11.7. The first-order valence-corrected chi connectivity index (χ1v) is 7.78. The molecule has 2 rings (SSSR count). The van der Waals surface area contributed by atoms with Crippen LogP contribution in [-0.4, -0.2) is 12.1 Å². The molecule has 0 saturated carbocycles. The molecule has 0 fully saturated rings. The number of hydrogen-bond donors (Lipinski definition) is 1. The average Bonchev–Trinajstić information content (AvgIpc) is 2.48. The van der Waals surface area contributed by atoms with Gasteiger partial charge in [0.15, 0.2) is 0 Å². The van der Waals surface area contributed by atoms with Crippen molar-refractivity contribution in [2.24, 2.45) is 5.10 Å². The number of rotatable bonds is 3. The average molecular weight is 308 g/mol. The molecule has 0 atom stereocenters. The number of carbonyl (C=O) groups excluding carboxylic acids is 1. The zero-order chi connectivity index (χ0) is 17.0. The highest BCUT2D eigenvalue weighted by atomic mass is 16.2. The number of carbonyl (C=O) groups is 1. The summed E-state index contributed by atoms with van der Waals surface area (Å²) in [5.41, 5.74) is 7.81. The third kappa shape index (κ3) is 4.52. The SMILES string of the molecule is Cc1ccc(/C=N\NC(=O)c2ccc(C(C)(C)C)cc2)c(C)c1. The number of hydrazone groups is 1. The van der Waals surface area contributed by atoms with E-state index in [1.165, 1.54) is 11.1 Å². The fraction of sp³-hybridized carbons (Fsp3) is 0.300. The predicted molar refractivity (Wildman–Crippen MR) is 96.1 cm³/mol. The second-order valence-corrected chi connectivity index (χ2v) is 6.89. The molecule has 0 aliphatic rings. The van der Waals surface area contributed by atoms with Crippen LogP contribution in [0.25, 0.3) is 0 Å². The van der Waals surface area contributed by atoms with Gasteiger partial charge in [0.2, 0.25) is 0 Å². The van der Waals surface area contributed by atoms with Gasteiger partial charge in [-0.15, -0.1) is 0 Å². The lowest BCUT2D eigenvalue weighted by Gasteiger charge is -2.18. The Morgan fingerprint density at radius 3 is 2.26 bits per heavy atom. The van der Waals surface area contributed by atoms with Crippen LogP contribution in [0.15, 0.2) is 47.6 Å². The van der Waals surface area contributed by atoms with Gasteiger partial charge in [0.25, 0.3) is 5.91 Å². The Morgan fingerprint density at radius 2 is 1.70 bits per heavy atom. The van der Waals surface area contributed by atoms with Gasteiger partial charge in [-0.1, -0.05) is 56.7 Å². The molecule has 1 N–H and O–H groups in total. The summed E-state index contributed by atoms with van der Waals surface area (Å²) < 4.78 is 0. The molecule has 1 amide bonds. The van der Waals surface area contributed by atoms with Crippen molar-refractivity contribution >= 4 is 12.1 Å². The van der Waals surface area contributed by atoms with Crippen LogP contribution in [0.1, 0.15) is 53.4 Å². The van der Waals surface area contributed by atoms with E-state index in [4.69, 9.17) is 0 Å². The Kier molecular flexibility index (Phi) is 4.99. The summed E-state index contributed by atoms with van der Waals surface area (Å²) in [6.07, 6.45) is 1.68. The van der Waals surface area contributed by atoms with Gasteiger partial charge >= 0.3 is 0 Å². The maximum atomic E-state index is 12.1. The molecule has 0 saturated heterocycles. The fourth-order valence-corrected chi connectivity index (χ4v) is 2.32. The van der Waals surface area contributed by atoms with E-state index in [-0.39, 0.29) is 11.3 Å². The van der Waals surface area contributed by atoms with E-state index in [2.05, 4.69) is 44.3 Å². The highest BCUT2D eigenvalue weighted by Gasteiger charge is 2.14. The van der Waals surface area contributed by atoms with E-state index in [1.54, 1.807) is 6.21 Å². The van der Waals surface area contributed by atoms with Crippen LogP contribution in [0.2, 0.25) is 0 Å². The Morgan fingerprint density at radius 1 is 1.04 bits per heavy atom. The van der Waals surface area contributed by atoms with Crippen molar-refractivity contribution in [2.75, 3.05) is 0 Å². The van der Waals surface area contributed by atoms with Crippen molar-refractivity contribution in [2.45, 2.75) is 40.0 Å². The van der Waals surface area contributed by atoms with E-state index in [0.717, 1.165) is 11.1 Å². The van der Waals surface area contributed by atoms with E-state index in [9.17, 15) is 4.79 Å². The molecule has 0 aliphatic heterocycles. The quantitative estimate of drug-likeness (QED) is 0.664. The van der Waals surface area contributed by atoms with Gasteiger partial charge in [0.1, 0.15) is 0 Å². The van der Waals surface area contributed by atoms with Gasteiger partial charge < -0.3 is 0 Å². The summed E-state index contributed by atoms with van der Waals surface area (Å²) in [6, 6.07) is 13.8. The molecule has 0 unspecified atom stereocenters. The lowest BCUT2D eigenvalue weighted by Crippen LogP contribution is -2.18. The highest BCUT2D eigenvalue weighted by molar-refractivity contribution is 5.95. The summed E-state index contributed by atoms with van der Waals surface area (Å²) in [5.74, 6) is -0.202. The number of nitrogens with zero attached hydrogens (tertiary/aromatic N) is 1. The van der Waals surface area contributed by atoms with Crippen molar-refractivity contribution in [3.8, 4) is 0 Å². The Balaban J connectivity index is 2.03. The smallest absolute Gasteiger partial charge is 0.267 e. The third-order valence-electron chi connectivity index (χ3n) is 3.81. The van der Waals surface area contributed by atoms with E-state index in [1.807, 2.05) is 43.3 Å². The molecule has 0 heterocycles. The fourth-order valence-electron chi connectivity index (χ4n) is 2.32. The molecule has 0 aromatic heterocycles. The van der Waals surface area contributed by atoms with Crippen molar-refractivity contribution in [3.63, 3.8) is 0 Å². The van der Waals surface area contributed by atoms with Crippen LogP contribution >= 0.6 is 0 Å². The Bertz CT molecular complexity index is 722. The van der Waals surface area contributed by atoms with Gasteiger partial charge in [-0.3, -0.25) is 4.79 Å². The maximum absolute atomic E-state index is 12.1. The van der Waals surface area contributed by atoms with Gasteiger partial charge in [0, 0.05) is 5.56 Å². The monoisotopic (exact) mass is 308 g/mol. The molecular formula is C20H24N2O. The summed E-state index contributed by atoms with van der Waals surface area (Å²) in [5, 5.41) is 4.06. The molecule has 0 bridgehead atoms. The zero-order valence-electron chi connectivity index (χ0n) is 14.5. The summed E-state index contributed by atoms with van der Waals surface area (Å²) in [7, 11) is 0. The second-order valence-electron chi connectivity index (χ2n) is 6.89. The lowest BCUT2D eigenvalue weighted by atomic mass is 9.87. The molecule has 2 aromatic carbocycles. The molecular weight excluding hydrogens is 284 g/mol. The molecule has 0 radical (unpaired) electrons. The Labute approximate surface area is 138 Å². The number of aryl methyl sites for hydroxylation is 2. The van der Waals surface area contributed by atoms with Crippen molar-refractivity contribution in [1.82, 2.24) is 5.43 Å². The molecule has 23 heavy (non-hydrogen) atoms. The van der Waals surface area contributed by atoms with Crippen molar-refractivity contribution in [1.29, 1.82) is 0 Å². The summed E-state index contributed by atoms with van der Waals surface area (Å²) in [4.78, 5) is 12.1. The molecule has 120 valence electrons.